The second-order valence-electron chi connectivity index (χ2n) is 4.61. The van der Waals surface area contributed by atoms with E-state index >= 15 is 0 Å². The first-order valence-electron chi connectivity index (χ1n) is 5.69. The Hall–Kier alpha value is -1.95. The van der Waals surface area contributed by atoms with Gasteiger partial charge in [-0.3, -0.25) is 19.5 Å². The second kappa shape index (κ2) is 4.38. The zero-order valence-corrected chi connectivity index (χ0v) is 10.7. The highest BCUT2D eigenvalue weighted by atomic mass is 16.2. The van der Waals surface area contributed by atoms with Crippen molar-refractivity contribution in [2.45, 2.75) is 6.92 Å². The molecule has 18 heavy (non-hydrogen) atoms. The van der Waals surface area contributed by atoms with Crippen LogP contribution in [0.3, 0.4) is 0 Å². The Kier molecular flexibility index (Phi) is 3.04. The Morgan fingerprint density at radius 1 is 1.33 bits per heavy atom. The topological polar surface area (TPSA) is 79.5 Å². The van der Waals surface area contributed by atoms with Gasteiger partial charge in [0, 0.05) is 19.3 Å². The van der Waals surface area contributed by atoms with Crippen LogP contribution in [0.2, 0.25) is 0 Å². The van der Waals surface area contributed by atoms with Crippen molar-refractivity contribution in [1.82, 2.24) is 14.8 Å². The standard InChI is InChI=1S/C12H16N4O2/c1-7-10(13)9-8(6-14-7)11(17)16(12(9)18)5-4-15(2)3/h6H,4-5,13H2,1-3H3. The first-order valence-corrected chi connectivity index (χ1v) is 5.69. The minimum Gasteiger partial charge on any atom is -0.397 e. The maximum absolute atomic E-state index is 12.2. The molecule has 0 saturated heterocycles. The average molecular weight is 248 g/mol. The maximum atomic E-state index is 12.2. The molecule has 0 bridgehead atoms. The molecule has 1 aliphatic rings. The molecule has 0 unspecified atom stereocenters. The van der Waals surface area contributed by atoms with Gasteiger partial charge in [0.1, 0.15) is 0 Å². The smallest absolute Gasteiger partial charge is 0.263 e. The molecule has 0 radical (unpaired) electrons. The van der Waals surface area contributed by atoms with Gasteiger partial charge in [-0.1, -0.05) is 0 Å². The molecule has 0 atom stereocenters. The molecule has 1 aromatic heterocycles. The molecule has 6 heteroatoms. The number of nitrogen functional groups attached to an aromatic ring is 1. The summed E-state index contributed by atoms with van der Waals surface area (Å²) in [6, 6.07) is 0. The third-order valence-electron chi connectivity index (χ3n) is 3.02. The molecule has 2 rings (SSSR count). The molecule has 1 aliphatic heterocycles. The van der Waals surface area contributed by atoms with Crippen LogP contribution < -0.4 is 5.73 Å². The van der Waals surface area contributed by atoms with Gasteiger partial charge >= 0.3 is 0 Å². The summed E-state index contributed by atoms with van der Waals surface area (Å²) in [6.07, 6.45) is 1.43. The van der Waals surface area contributed by atoms with Crippen LogP contribution in [0.4, 0.5) is 5.69 Å². The predicted octanol–water partition coefficient (Wildman–Crippen LogP) is 0.130. The lowest BCUT2D eigenvalue weighted by Crippen LogP contribution is -2.36. The first-order chi connectivity index (χ1) is 8.43. The van der Waals surface area contributed by atoms with Crippen LogP contribution in [-0.4, -0.2) is 53.8 Å². The number of anilines is 1. The zero-order chi connectivity index (χ0) is 13.4. The van der Waals surface area contributed by atoms with Crippen molar-refractivity contribution in [2.75, 3.05) is 32.9 Å². The van der Waals surface area contributed by atoms with Crippen molar-refractivity contribution in [2.24, 2.45) is 0 Å². The van der Waals surface area contributed by atoms with E-state index in [1.165, 1.54) is 11.1 Å². The van der Waals surface area contributed by atoms with E-state index in [2.05, 4.69) is 4.98 Å². The average Bonchev–Trinajstić information content (AvgIpc) is 2.54. The van der Waals surface area contributed by atoms with Crippen LogP contribution in [-0.2, 0) is 0 Å². The first kappa shape index (κ1) is 12.5. The van der Waals surface area contributed by atoms with Crippen molar-refractivity contribution in [3.8, 4) is 0 Å². The van der Waals surface area contributed by atoms with E-state index in [1.54, 1.807) is 6.92 Å². The molecule has 0 saturated carbocycles. The summed E-state index contributed by atoms with van der Waals surface area (Å²) in [4.78, 5) is 31.4. The molecule has 0 spiro atoms. The largest absolute Gasteiger partial charge is 0.397 e. The van der Waals surface area contributed by atoms with E-state index in [0.29, 0.717) is 35.6 Å². The lowest BCUT2D eigenvalue weighted by atomic mass is 10.1. The van der Waals surface area contributed by atoms with E-state index in [0.717, 1.165) is 0 Å². The van der Waals surface area contributed by atoms with E-state index in [1.807, 2.05) is 19.0 Å². The summed E-state index contributed by atoms with van der Waals surface area (Å²) in [6.45, 7) is 2.70. The van der Waals surface area contributed by atoms with Gasteiger partial charge in [-0.15, -0.1) is 0 Å². The molecule has 6 nitrogen and oxygen atoms in total. The van der Waals surface area contributed by atoms with E-state index in [-0.39, 0.29) is 11.8 Å². The lowest BCUT2D eigenvalue weighted by molar-refractivity contribution is 0.0645. The van der Waals surface area contributed by atoms with Gasteiger partial charge in [0.25, 0.3) is 11.8 Å². The Bertz CT molecular complexity index is 525. The summed E-state index contributed by atoms with van der Waals surface area (Å²) >= 11 is 0. The number of rotatable bonds is 3. The van der Waals surface area contributed by atoms with E-state index < -0.39 is 0 Å². The fraction of sp³-hybridized carbons (Fsp3) is 0.417. The molecule has 1 aromatic rings. The highest BCUT2D eigenvalue weighted by Gasteiger charge is 2.37. The van der Waals surface area contributed by atoms with Crippen molar-refractivity contribution >= 4 is 17.5 Å². The summed E-state index contributed by atoms with van der Waals surface area (Å²) < 4.78 is 0. The third-order valence-corrected chi connectivity index (χ3v) is 3.02. The number of aromatic nitrogens is 1. The van der Waals surface area contributed by atoms with Crippen molar-refractivity contribution in [1.29, 1.82) is 0 Å². The molecule has 2 heterocycles. The number of hydrogen-bond acceptors (Lipinski definition) is 5. The Morgan fingerprint density at radius 3 is 2.61 bits per heavy atom. The number of fused-ring (bicyclic) bond motifs is 1. The summed E-state index contributed by atoms with van der Waals surface area (Å²) in [5, 5.41) is 0. The molecule has 0 aliphatic carbocycles. The number of carbonyl (C=O) groups excluding carboxylic acids is 2. The van der Waals surface area contributed by atoms with Crippen LogP contribution in [0.1, 0.15) is 26.4 Å². The lowest BCUT2D eigenvalue weighted by Gasteiger charge is -2.16. The number of aryl methyl sites for hydroxylation is 1. The Labute approximate surface area is 105 Å². The highest BCUT2D eigenvalue weighted by Crippen LogP contribution is 2.28. The van der Waals surface area contributed by atoms with E-state index in [9.17, 15) is 9.59 Å². The van der Waals surface area contributed by atoms with Gasteiger partial charge in [-0.05, 0) is 21.0 Å². The minimum atomic E-state index is -0.320. The molecule has 96 valence electrons. The Balaban J connectivity index is 2.35. The van der Waals surface area contributed by atoms with Crippen LogP contribution in [0.25, 0.3) is 0 Å². The number of carbonyl (C=O) groups is 2. The number of imide groups is 1. The van der Waals surface area contributed by atoms with Crippen molar-refractivity contribution in [3.05, 3.63) is 23.0 Å². The molecule has 0 fully saturated rings. The normalized spacial score (nSPS) is 14.6. The summed E-state index contributed by atoms with van der Waals surface area (Å²) in [5.41, 5.74) is 7.31. The summed E-state index contributed by atoms with van der Waals surface area (Å²) in [5.74, 6) is -0.629. The fourth-order valence-electron chi connectivity index (χ4n) is 1.89. The van der Waals surface area contributed by atoms with Gasteiger partial charge in [0.05, 0.1) is 22.5 Å². The molecule has 0 aromatic carbocycles. The molecular formula is C12H16N4O2. The number of nitrogens with two attached hydrogens (primary N) is 1. The zero-order valence-electron chi connectivity index (χ0n) is 10.7. The number of pyridine rings is 1. The highest BCUT2D eigenvalue weighted by molar-refractivity contribution is 6.23. The van der Waals surface area contributed by atoms with Gasteiger partial charge in [-0.2, -0.15) is 0 Å². The molecule has 2 amide bonds. The number of nitrogens with zero attached hydrogens (tertiary/aromatic N) is 3. The van der Waals surface area contributed by atoms with Crippen LogP contribution in [0, 0.1) is 6.92 Å². The quantitative estimate of drug-likeness (QED) is 0.769. The molecule has 2 N–H and O–H groups in total. The van der Waals surface area contributed by atoms with Gasteiger partial charge in [0.2, 0.25) is 0 Å². The number of hydrogen-bond donors (Lipinski definition) is 1. The van der Waals surface area contributed by atoms with Crippen molar-refractivity contribution < 1.29 is 9.59 Å². The monoisotopic (exact) mass is 248 g/mol. The van der Waals surface area contributed by atoms with Gasteiger partial charge < -0.3 is 10.6 Å². The van der Waals surface area contributed by atoms with Crippen LogP contribution >= 0.6 is 0 Å². The number of amides is 2. The van der Waals surface area contributed by atoms with Crippen LogP contribution in [0.5, 0.6) is 0 Å². The van der Waals surface area contributed by atoms with E-state index in [4.69, 9.17) is 5.73 Å². The summed E-state index contributed by atoms with van der Waals surface area (Å²) in [7, 11) is 3.77. The molecular weight excluding hydrogens is 232 g/mol. The maximum Gasteiger partial charge on any atom is 0.263 e. The van der Waals surface area contributed by atoms with Gasteiger partial charge in [-0.25, -0.2) is 0 Å². The fourth-order valence-corrected chi connectivity index (χ4v) is 1.89. The predicted molar refractivity (Wildman–Crippen MR) is 67.3 cm³/mol. The van der Waals surface area contributed by atoms with Crippen LogP contribution in [0.15, 0.2) is 6.20 Å². The third kappa shape index (κ3) is 1.84. The van der Waals surface area contributed by atoms with Crippen molar-refractivity contribution in [3.63, 3.8) is 0 Å². The number of likely N-dealkylation sites (N-methyl/N-ethyl adjacent to an activating group) is 1. The SMILES string of the molecule is Cc1ncc2c(c1N)C(=O)N(CCN(C)C)C2=O. The minimum absolute atomic E-state index is 0.297. The van der Waals surface area contributed by atoms with Gasteiger partial charge in [0.15, 0.2) is 0 Å². The Morgan fingerprint density at radius 2 is 2.00 bits per heavy atom. The second-order valence-corrected chi connectivity index (χ2v) is 4.61.